The molecule has 3 aromatic rings. The maximum Gasteiger partial charge on any atom is 0.407 e. The third kappa shape index (κ3) is 5.03. The molecule has 148 valence electrons. The molecule has 0 aliphatic heterocycles. The zero-order chi connectivity index (χ0) is 19.8. The molecular weight excluding hydrogens is 352 g/mol. The minimum absolute atomic E-state index is 0.0125. The third-order valence-corrected chi connectivity index (χ3v) is 4.78. The first-order valence-corrected chi connectivity index (χ1v) is 9.86. The molecule has 1 amide bonds. The highest BCUT2D eigenvalue weighted by Crippen LogP contribution is 2.20. The Morgan fingerprint density at radius 2 is 2.00 bits per heavy atom. The van der Waals surface area contributed by atoms with Gasteiger partial charge in [0.2, 0.25) is 0 Å². The molecule has 3 rings (SSSR count). The van der Waals surface area contributed by atoms with Crippen molar-refractivity contribution in [2.45, 2.75) is 45.2 Å². The number of nitrogens with one attached hydrogen (secondary N) is 1. The molecule has 3 N–H and O–H groups in total. The van der Waals surface area contributed by atoms with Gasteiger partial charge < -0.3 is 20.4 Å². The zero-order valence-electron chi connectivity index (χ0n) is 16.3. The summed E-state index contributed by atoms with van der Waals surface area (Å²) < 4.78 is 7.45. The number of carbonyl (C=O) groups excluding carboxylic acids is 1. The summed E-state index contributed by atoms with van der Waals surface area (Å²) in [5.74, 6) is 0. The van der Waals surface area contributed by atoms with Gasteiger partial charge in [0.15, 0.2) is 0 Å². The second kappa shape index (κ2) is 9.78. The molecule has 0 radical (unpaired) electrons. The maximum absolute atomic E-state index is 12.1. The number of nitrogens with zero attached hydrogens (tertiary/aromatic N) is 2. The molecule has 0 aliphatic rings. The van der Waals surface area contributed by atoms with Gasteiger partial charge >= 0.3 is 6.09 Å². The molecular formula is C22H28N4O2. The zero-order valence-corrected chi connectivity index (χ0v) is 16.3. The highest BCUT2D eigenvalue weighted by atomic mass is 16.5. The van der Waals surface area contributed by atoms with Crippen LogP contribution in [0.25, 0.3) is 11.0 Å². The lowest BCUT2D eigenvalue weighted by molar-refractivity contribution is 0.139. The molecule has 2 aromatic carbocycles. The van der Waals surface area contributed by atoms with Gasteiger partial charge in [-0.05, 0) is 37.0 Å². The summed E-state index contributed by atoms with van der Waals surface area (Å²) in [5.41, 5.74) is 9.60. The van der Waals surface area contributed by atoms with E-state index in [0.29, 0.717) is 12.3 Å². The van der Waals surface area contributed by atoms with Crippen molar-refractivity contribution in [2.24, 2.45) is 0 Å². The van der Waals surface area contributed by atoms with E-state index in [1.807, 2.05) is 54.9 Å². The van der Waals surface area contributed by atoms with Gasteiger partial charge in [0.05, 0.1) is 30.2 Å². The number of unbranched alkanes of at least 4 members (excludes halogenated alkanes) is 1. The molecule has 0 aliphatic carbocycles. The second-order valence-electron chi connectivity index (χ2n) is 6.89. The number of benzene rings is 2. The Kier molecular flexibility index (Phi) is 6.89. The molecule has 1 heterocycles. The van der Waals surface area contributed by atoms with Crippen LogP contribution in [-0.4, -0.2) is 22.3 Å². The van der Waals surface area contributed by atoms with Crippen molar-refractivity contribution >= 4 is 22.8 Å². The molecule has 28 heavy (non-hydrogen) atoms. The SMILES string of the molecule is CCCC(NC(=O)OCCCCn1cnc2c(N)cccc21)c1ccccc1. The largest absolute Gasteiger partial charge is 0.450 e. The average Bonchev–Trinajstić information content (AvgIpc) is 3.12. The predicted octanol–water partition coefficient (Wildman–Crippen LogP) is 4.67. The van der Waals surface area contributed by atoms with E-state index in [1.54, 1.807) is 0 Å². The van der Waals surface area contributed by atoms with Gasteiger partial charge in [-0.3, -0.25) is 0 Å². The Labute approximate surface area is 165 Å². The summed E-state index contributed by atoms with van der Waals surface area (Å²) in [6, 6.07) is 15.8. The quantitative estimate of drug-likeness (QED) is 0.418. The van der Waals surface area contributed by atoms with Crippen LogP contribution >= 0.6 is 0 Å². The number of alkyl carbamates (subject to hydrolysis) is 1. The maximum atomic E-state index is 12.1. The van der Waals surface area contributed by atoms with Crippen molar-refractivity contribution in [3.05, 3.63) is 60.4 Å². The van der Waals surface area contributed by atoms with Gasteiger partial charge in [0, 0.05) is 6.54 Å². The summed E-state index contributed by atoms with van der Waals surface area (Å²) in [7, 11) is 0. The molecule has 0 spiro atoms. The summed E-state index contributed by atoms with van der Waals surface area (Å²) in [4.78, 5) is 16.5. The van der Waals surface area contributed by atoms with E-state index in [1.165, 1.54) is 0 Å². The first kappa shape index (κ1) is 19.7. The number of aryl methyl sites for hydroxylation is 1. The van der Waals surface area contributed by atoms with Crippen LogP contribution in [-0.2, 0) is 11.3 Å². The molecule has 0 saturated heterocycles. The Bertz CT molecular complexity index is 892. The van der Waals surface area contributed by atoms with Crippen molar-refractivity contribution in [3.8, 4) is 0 Å². The standard InChI is InChI=1S/C22H28N4O2/c1-2-9-19(17-10-4-3-5-11-17)25-22(27)28-15-7-6-14-26-16-24-21-18(23)12-8-13-20(21)26/h3-5,8,10-13,16,19H,2,6-7,9,14-15,23H2,1H3,(H,25,27). The topological polar surface area (TPSA) is 82.2 Å². The van der Waals surface area contributed by atoms with Crippen LogP contribution in [0.4, 0.5) is 10.5 Å². The fourth-order valence-electron chi connectivity index (χ4n) is 3.32. The van der Waals surface area contributed by atoms with Crippen molar-refractivity contribution in [1.82, 2.24) is 14.9 Å². The van der Waals surface area contributed by atoms with E-state index in [-0.39, 0.29) is 12.1 Å². The van der Waals surface area contributed by atoms with Gasteiger partial charge in [-0.1, -0.05) is 49.7 Å². The number of carbonyl (C=O) groups is 1. The van der Waals surface area contributed by atoms with Crippen molar-refractivity contribution in [2.75, 3.05) is 12.3 Å². The van der Waals surface area contributed by atoms with E-state index in [2.05, 4.69) is 21.8 Å². The number of ether oxygens (including phenoxy) is 1. The Morgan fingerprint density at radius 1 is 1.18 bits per heavy atom. The smallest absolute Gasteiger partial charge is 0.407 e. The summed E-state index contributed by atoms with van der Waals surface area (Å²) in [6.45, 7) is 3.32. The predicted molar refractivity (Wildman–Crippen MR) is 112 cm³/mol. The van der Waals surface area contributed by atoms with Crippen LogP contribution in [0.3, 0.4) is 0 Å². The molecule has 1 aromatic heterocycles. The average molecular weight is 380 g/mol. The lowest BCUT2D eigenvalue weighted by Gasteiger charge is -2.18. The molecule has 0 fully saturated rings. The lowest BCUT2D eigenvalue weighted by atomic mass is 10.0. The number of amides is 1. The molecule has 6 nitrogen and oxygen atoms in total. The van der Waals surface area contributed by atoms with E-state index in [4.69, 9.17) is 10.5 Å². The van der Waals surface area contributed by atoms with Crippen molar-refractivity contribution in [1.29, 1.82) is 0 Å². The van der Waals surface area contributed by atoms with Gasteiger partial charge in [-0.15, -0.1) is 0 Å². The number of rotatable bonds is 9. The number of hydrogen-bond donors (Lipinski definition) is 2. The fourth-order valence-corrected chi connectivity index (χ4v) is 3.32. The van der Waals surface area contributed by atoms with Crippen LogP contribution < -0.4 is 11.1 Å². The summed E-state index contributed by atoms with van der Waals surface area (Å²) in [6.07, 6.45) is 5.01. The van der Waals surface area contributed by atoms with E-state index in [0.717, 1.165) is 48.8 Å². The van der Waals surface area contributed by atoms with E-state index >= 15 is 0 Å². The molecule has 1 unspecified atom stereocenters. The number of para-hydroxylation sites is 1. The molecule has 0 saturated carbocycles. The second-order valence-corrected chi connectivity index (χ2v) is 6.89. The number of hydrogen-bond acceptors (Lipinski definition) is 4. The van der Waals surface area contributed by atoms with Gasteiger partial charge in [-0.2, -0.15) is 0 Å². The lowest BCUT2D eigenvalue weighted by Crippen LogP contribution is -2.29. The van der Waals surface area contributed by atoms with Crippen molar-refractivity contribution < 1.29 is 9.53 Å². The van der Waals surface area contributed by atoms with Crippen LogP contribution in [0.15, 0.2) is 54.9 Å². The van der Waals surface area contributed by atoms with Crippen LogP contribution in [0, 0.1) is 0 Å². The number of aromatic nitrogens is 2. The molecule has 0 bridgehead atoms. The Balaban J connectivity index is 1.42. The first-order chi connectivity index (χ1) is 13.7. The number of nitrogen functional groups attached to an aromatic ring is 1. The minimum Gasteiger partial charge on any atom is -0.450 e. The van der Waals surface area contributed by atoms with Gasteiger partial charge in [0.1, 0.15) is 5.52 Å². The summed E-state index contributed by atoms with van der Waals surface area (Å²) >= 11 is 0. The van der Waals surface area contributed by atoms with Crippen molar-refractivity contribution in [3.63, 3.8) is 0 Å². The third-order valence-electron chi connectivity index (χ3n) is 4.78. The fraction of sp³-hybridized carbons (Fsp3) is 0.364. The Morgan fingerprint density at radius 3 is 2.79 bits per heavy atom. The molecule has 6 heteroatoms. The highest BCUT2D eigenvalue weighted by Gasteiger charge is 2.14. The Hall–Kier alpha value is -3.02. The van der Waals surface area contributed by atoms with Gasteiger partial charge in [0.25, 0.3) is 0 Å². The summed E-state index contributed by atoms with van der Waals surface area (Å²) in [5, 5.41) is 2.98. The minimum atomic E-state index is -0.358. The van der Waals surface area contributed by atoms with Gasteiger partial charge in [-0.25, -0.2) is 9.78 Å². The highest BCUT2D eigenvalue weighted by molar-refractivity contribution is 5.86. The van der Waals surface area contributed by atoms with Crippen LogP contribution in [0.1, 0.15) is 44.2 Å². The number of imidazole rings is 1. The number of anilines is 1. The normalized spacial score (nSPS) is 12.0. The monoisotopic (exact) mass is 380 g/mol. The molecule has 1 atom stereocenters. The van der Waals surface area contributed by atoms with Crippen LogP contribution in [0.5, 0.6) is 0 Å². The van der Waals surface area contributed by atoms with E-state index in [9.17, 15) is 4.79 Å². The van der Waals surface area contributed by atoms with Crippen LogP contribution in [0.2, 0.25) is 0 Å². The number of fused-ring (bicyclic) bond motifs is 1. The van der Waals surface area contributed by atoms with E-state index < -0.39 is 0 Å². The first-order valence-electron chi connectivity index (χ1n) is 9.86. The number of nitrogens with two attached hydrogens (primary N) is 1.